The molecule has 1 aliphatic rings. The summed E-state index contributed by atoms with van der Waals surface area (Å²) in [7, 11) is 0. The number of anilines is 1. The highest BCUT2D eigenvalue weighted by atomic mass is 35.5. The Balaban J connectivity index is 1.49. The topological polar surface area (TPSA) is 44.5 Å². The van der Waals surface area contributed by atoms with E-state index in [0.29, 0.717) is 10.8 Å². The summed E-state index contributed by atoms with van der Waals surface area (Å²) >= 11 is 5.86. The minimum Gasteiger partial charge on any atom is -0.508 e. The first kappa shape index (κ1) is 14.2. The van der Waals surface area contributed by atoms with Gasteiger partial charge in [0, 0.05) is 50.7 Å². The van der Waals surface area contributed by atoms with Crippen molar-refractivity contribution < 1.29 is 5.11 Å². The van der Waals surface area contributed by atoms with Crippen LogP contribution in [0.2, 0.25) is 5.02 Å². The van der Waals surface area contributed by atoms with Gasteiger partial charge >= 0.3 is 0 Å². The number of nitrogens with zero attached hydrogens (tertiary/aromatic N) is 4. The molecule has 1 aromatic carbocycles. The number of aromatic hydroxyl groups is 1. The van der Waals surface area contributed by atoms with E-state index >= 15 is 0 Å². The third kappa shape index (κ3) is 3.68. The van der Waals surface area contributed by atoms with Gasteiger partial charge in [-0.3, -0.25) is 9.58 Å². The minimum atomic E-state index is 0.325. The van der Waals surface area contributed by atoms with Crippen molar-refractivity contribution in [3.05, 3.63) is 41.7 Å². The lowest BCUT2D eigenvalue weighted by Crippen LogP contribution is -2.47. The molecular weight excluding hydrogens is 288 g/mol. The van der Waals surface area contributed by atoms with Crippen LogP contribution >= 0.6 is 11.6 Å². The number of phenolic OH excluding ortho intramolecular Hbond substituents is 1. The maximum atomic E-state index is 9.55. The van der Waals surface area contributed by atoms with Crippen molar-refractivity contribution in [3.8, 4) is 5.75 Å². The van der Waals surface area contributed by atoms with Crippen molar-refractivity contribution in [1.29, 1.82) is 0 Å². The maximum Gasteiger partial charge on any atom is 0.117 e. The number of hydrogen-bond donors (Lipinski definition) is 1. The number of rotatable bonds is 4. The zero-order chi connectivity index (χ0) is 14.7. The van der Waals surface area contributed by atoms with Crippen molar-refractivity contribution in [3.63, 3.8) is 0 Å². The molecule has 0 bridgehead atoms. The third-order valence-electron chi connectivity index (χ3n) is 3.81. The Bertz CT molecular complexity index is 593. The van der Waals surface area contributed by atoms with Gasteiger partial charge in [-0.2, -0.15) is 5.10 Å². The van der Waals surface area contributed by atoms with Gasteiger partial charge in [-0.05, 0) is 12.1 Å². The molecule has 1 aromatic heterocycles. The molecule has 5 nitrogen and oxygen atoms in total. The number of halogens is 1. The Kier molecular flexibility index (Phi) is 4.31. The molecule has 0 unspecified atom stereocenters. The summed E-state index contributed by atoms with van der Waals surface area (Å²) < 4.78 is 1.88. The van der Waals surface area contributed by atoms with Crippen molar-refractivity contribution in [2.24, 2.45) is 0 Å². The van der Waals surface area contributed by atoms with Gasteiger partial charge in [0.25, 0.3) is 0 Å². The largest absolute Gasteiger partial charge is 0.508 e. The fourth-order valence-electron chi connectivity index (χ4n) is 2.62. The monoisotopic (exact) mass is 306 g/mol. The second-order valence-electron chi connectivity index (χ2n) is 5.27. The summed E-state index contributed by atoms with van der Waals surface area (Å²) in [6, 6.07) is 7.45. The molecule has 1 N–H and O–H groups in total. The summed E-state index contributed by atoms with van der Waals surface area (Å²) in [4.78, 5) is 4.73. The predicted octanol–water partition coefficient (Wildman–Crippen LogP) is 2.06. The molecule has 21 heavy (non-hydrogen) atoms. The third-order valence-corrected chi connectivity index (χ3v) is 4.01. The van der Waals surface area contributed by atoms with E-state index in [1.807, 2.05) is 29.1 Å². The van der Waals surface area contributed by atoms with Crippen LogP contribution in [0.25, 0.3) is 0 Å². The first-order valence-corrected chi connectivity index (χ1v) is 7.53. The van der Waals surface area contributed by atoms with Gasteiger partial charge in [-0.15, -0.1) is 0 Å². The molecule has 2 aromatic rings. The predicted molar refractivity (Wildman–Crippen MR) is 84.0 cm³/mol. The maximum absolute atomic E-state index is 9.55. The van der Waals surface area contributed by atoms with Crippen LogP contribution in [-0.2, 0) is 6.54 Å². The zero-order valence-electron chi connectivity index (χ0n) is 11.8. The van der Waals surface area contributed by atoms with Crippen LogP contribution in [-0.4, -0.2) is 52.5 Å². The van der Waals surface area contributed by atoms with E-state index in [4.69, 9.17) is 11.6 Å². The SMILES string of the molecule is Oc1cccc(N2CCN(CCn3cc(Cl)cn3)CC2)c1. The van der Waals surface area contributed by atoms with E-state index in [9.17, 15) is 5.11 Å². The van der Waals surface area contributed by atoms with E-state index in [0.717, 1.165) is 45.0 Å². The number of benzene rings is 1. The van der Waals surface area contributed by atoms with Gasteiger partial charge in [-0.1, -0.05) is 17.7 Å². The van der Waals surface area contributed by atoms with Crippen LogP contribution in [0.5, 0.6) is 5.75 Å². The summed E-state index contributed by atoms with van der Waals surface area (Å²) in [5.41, 5.74) is 1.09. The summed E-state index contributed by atoms with van der Waals surface area (Å²) in [5, 5.41) is 14.4. The molecule has 0 amide bonds. The van der Waals surface area contributed by atoms with Crippen LogP contribution in [0.4, 0.5) is 5.69 Å². The molecule has 0 saturated carbocycles. The van der Waals surface area contributed by atoms with Gasteiger partial charge in [0.1, 0.15) is 5.75 Å². The van der Waals surface area contributed by atoms with Crippen LogP contribution in [0.3, 0.4) is 0 Å². The van der Waals surface area contributed by atoms with Crippen LogP contribution in [0.15, 0.2) is 36.7 Å². The van der Waals surface area contributed by atoms with Crippen molar-refractivity contribution in [1.82, 2.24) is 14.7 Å². The molecule has 1 aliphatic heterocycles. The minimum absolute atomic E-state index is 0.325. The number of hydrogen-bond acceptors (Lipinski definition) is 4. The molecule has 2 heterocycles. The first-order chi connectivity index (χ1) is 10.2. The highest BCUT2D eigenvalue weighted by molar-refractivity contribution is 6.30. The van der Waals surface area contributed by atoms with Crippen molar-refractivity contribution in [2.45, 2.75) is 6.54 Å². The Morgan fingerprint density at radius 2 is 1.95 bits per heavy atom. The van der Waals surface area contributed by atoms with Crippen molar-refractivity contribution >= 4 is 17.3 Å². The normalized spacial score (nSPS) is 16.3. The lowest BCUT2D eigenvalue weighted by atomic mass is 10.2. The smallest absolute Gasteiger partial charge is 0.117 e. The molecule has 0 radical (unpaired) electrons. The summed E-state index contributed by atoms with van der Waals surface area (Å²) in [6.07, 6.45) is 3.52. The van der Waals surface area contributed by atoms with Crippen LogP contribution in [0, 0.1) is 0 Å². The van der Waals surface area contributed by atoms with E-state index in [1.165, 1.54) is 0 Å². The van der Waals surface area contributed by atoms with Gasteiger partial charge in [-0.25, -0.2) is 0 Å². The number of piperazine rings is 1. The lowest BCUT2D eigenvalue weighted by Gasteiger charge is -2.36. The average molecular weight is 307 g/mol. The molecular formula is C15H19ClN4O. The Labute approximate surface area is 129 Å². The molecule has 0 atom stereocenters. The Morgan fingerprint density at radius 3 is 2.62 bits per heavy atom. The molecule has 6 heteroatoms. The van der Waals surface area contributed by atoms with E-state index in [-0.39, 0.29) is 0 Å². The molecule has 1 saturated heterocycles. The van der Waals surface area contributed by atoms with Crippen LogP contribution in [0.1, 0.15) is 0 Å². The second kappa shape index (κ2) is 6.37. The molecule has 0 aliphatic carbocycles. The number of phenols is 1. The Morgan fingerprint density at radius 1 is 1.14 bits per heavy atom. The van der Waals surface area contributed by atoms with Gasteiger partial charge in [0.2, 0.25) is 0 Å². The molecule has 112 valence electrons. The highest BCUT2D eigenvalue weighted by Gasteiger charge is 2.17. The standard InChI is InChI=1S/C15H19ClN4O/c16-13-11-17-20(12-13)9-6-18-4-7-19(8-5-18)14-2-1-3-15(21)10-14/h1-3,10-12,21H,4-9H2. The van der Waals surface area contributed by atoms with E-state index in [2.05, 4.69) is 14.9 Å². The van der Waals surface area contributed by atoms with E-state index < -0.39 is 0 Å². The second-order valence-corrected chi connectivity index (χ2v) is 5.71. The van der Waals surface area contributed by atoms with Gasteiger partial charge in [0.15, 0.2) is 0 Å². The fourth-order valence-corrected chi connectivity index (χ4v) is 2.78. The quantitative estimate of drug-likeness (QED) is 0.939. The Hall–Kier alpha value is -1.72. The van der Waals surface area contributed by atoms with Gasteiger partial charge in [0.05, 0.1) is 17.8 Å². The van der Waals surface area contributed by atoms with Crippen molar-refractivity contribution in [2.75, 3.05) is 37.6 Å². The summed E-state index contributed by atoms with van der Waals surface area (Å²) in [5.74, 6) is 0.325. The first-order valence-electron chi connectivity index (χ1n) is 7.15. The number of aromatic nitrogens is 2. The van der Waals surface area contributed by atoms with Crippen LogP contribution < -0.4 is 4.90 Å². The average Bonchev–Trinajstić information content (AvgIpc) is 2.91. The fraction of sp³-hybridized carbons (Fsp3) is 0.400. The van der Waals surface area contributed by atoms with E-state index in [1.54, 1.807) is 12.3 Å². The lowest BCUT2D eigenvalue weighted by molar-refractivity contribution is 0.244. The molecule has 1 fully saturated rings. The molecule has 3 rings (SSSR count). The zero-order valence-corrected chi connectivity index (χ0v) is 12.6. The summed E-state index contributed by atoms with van der Waals surface area (Å²) in [6.45, 7) is 5.83. The van der Waals surface area contributed by atoms with Gasteiger partial charge < -0.3 is 10.0 Å². The highest BCUT2D eigenvalue weighted by Crippen LogP contribution is 2.21. The molecule has 0 spiro atoms.